The lowest BCUT2D eigenvalue weighted by molar-refractivity contribution is 0.206. The van der Waals surface area contributed by atoms with Crippen LogP contribution in [0, 0.1) is 11.3 Å². The molecule has 230 valence electrons. The van der Waals surface area contributed by atoms with Crippen LogP contribution in [0.25, 0.3) is 11.3 Å². The number of methoxy groups -OCH3 is 2. The van der Waals surface area contributed by atoms with Crippen LogP contribution in [0.3, 0.4) is 0 Å². The molecule has 0 aliphatic carbocycles. The minimum atomic E-state index is -1.97. The van der Waals surface area contributed by atoms with Crippen molar-refractivity contribution in [3.05, 3.63) is 46.6 Å². The van der Waals surface area contributed by atoms with E-state index in [1.54, 1.807) is 26.5 Å². The van der Waals surface area contributed by atoms with Crippen LogP contribution in [0.5, 0.6) is 5.88 Å². The predicted molar refractivity (Wildman–Crippen MR) is 175 cm³/mol. The zero-order valence-corrected chi connectivity index (χ0v) is 28.3. The highest BCUT2D eigenvalue weighted by Crippen LogP contribution is 2.44. The van der Waals surface area contributed by atoms with Crippen molar-refractivity contribution in [1.29, 1.82) is 5.26 Å². The lowest BCUT2D eigenvalue weighted by Crippen LogP contribution is -2.45. The van der Waals surface area contributed by atoms with E-state index in [0.29, 0.717) is 65.9 Å². The Morgan fingerprint density at radius 3 is 2.60 bits per heavy atom. The van der Waals surface area contributed by atoms with Crippen molar-refractivity contribution in [2.45, 2.75) is 51.2 Å². The molecule has 1 aromatic carbocycles. The number of nitrogens with one attached hydrogen (secondary N) is 2. The summed E-state index contributed by atoms with van der Waals surface area (Å²) in [6.07, 6.45) is 1.68. The van der Waals surface area contributed by atoms with Gasteiger partial charge < -0.3 is 29.4 Å². The van der Waals surface area contributed by atoms with Crippen molar-refractivity contribution >= 4 is 43.1 Å². The number of rotatable bonds is 11. The third kappa shape index (κ3) is 6.88. The lowest BCUT2D eigenvalue weighted by atomic mass is 9.83. The van der Waals surface area contributed by atoms with Crippen molar-refractivity contribution in [2.24, 2.45) is 0 Å². The molecular weight excluding hydrogens is 582 g/mol. The van der Waals surface area contributed by atoms with Gasteiger partial charge in [0.25, 0.3) is 0 Å². The summed E-state index contributed by atoms with van der Waals surface area (Å²) in [5.41, 5.74) is 4.21. The fourth-order valence-corrected chi connectivity index (χ4v) is 6.03. The minimum absolute atomic E-state index is 0.102. The Morgan fingerprint density at radius 1 is 1.21 bits per heavy atom. The molecule has 1 atom stereocenters. The zero-order chi connectivity index (χ0) is 31.6. The number of hydrogen-bond donors (Lipinski definition) is 2. The molecule has 0 spiro atoms. The van der Waals surface area contributed by atoms with E-state index >= 15 is 0 Å². The molecule has 0 amide bonds. The van der Waals surface area contributed by atoms with Crippen molar-refractivity contribution in [3.8, 4) is 23.2 Å². The van der Waals surface area contributed by atoms with Gasteiger partial charge in [0.15, 0.2) is 14.1 Å². The highest BCUT2D eigenvalue weighted by Gasteiger charge is 2.42. The first kappa shape index (κ1) is 32.5. The molecule has 0 bridgehead atoms. The Hall–Kier alpha value is -3.43. The molecule has 0 saturated heterocycles. The molecule has 43 heavy (non-hydrogen) atoms. The first-order valence-corrected chi connectivity index (χ1v) is 17.5. The summed E-state index contributed by atoms with van der Waals surface area (Å²) in [5.74, 6) is 1.27. The normalized spacial score (nSPS) is 16.3. The molecule has 12 heteroatoms. The summed E-state index contributed by atoms with van der Waals surface area (Å²) < 4.78 is 17.4. The maximum Gasteiger partial charge on any atom is 0.239 e. The SMILES string of the molecule is COCCN(C)c1nc(OC)c(Nc2nccc(-c3cc(C#N)c4c(c3)[C@@](C)(CO[Si](C)(C)C(C)(C)C)CN4)n2)cc1Cl. The number of nitrogens with zero attached hydrogens (tertiary/aromatic N) is 5. The highest BCUT2D eigenvalue weighted by molar-refractivity contribution is 6.74. The van der Waals surface area contributed by atoms with Crippen LogP contribution in [-0.2, 0) is 14.6 Å². The third-order valence-corrected chi connectivity index (χ3v) is 13.2. The van der Waals surface area contributed by atoms with Crippen molar-refractivity contribution in [3.63, 3.8) is 0 Å². The van der Waals surface area contributed by atoms with Crippen molar-refractivity contribution < 1.29 is 13.9 Å². The number of hydrogen-bond acceptors (Lipinski definition) is 10. The van der Waals surface area contributed by atoms with Crippen LogP contribution < -0.4 is 20.3 Å². The van der Waals surface area contributed by atoms with Crippen LogP contribution in [0.15, 0.2) is 30.5 Å². The topological polar surface area (TPSA) is 117 Å². The van der Waals surface area contributed by atoms with Crippen molar-refractivity contribution in [2.75, 3.05) is 63.1 Å². The van der Waals surface area contributed by atoms with E-state index in [0.717, 1.165) is 16.8 Å². The largest absolute Gasteiger partial charge is 0.479 e. The van der Waals surface area contributed by atoms with Crippen LogP contribution >= 0.6 is 11.6 Å². The summed E-state index contributed by atoms with van der Waals surface area (Å²) in [5, 5.41) is 17.3. The van der Waals surface area contributed by atoms with E-state index in [9.17, 15) is 5.26 Å². The van der Waals surface area contributed by atoms with Crippen LogP contribution in [0.1, 0.15) is 38.8 Å². The molecule has 0 saturated carbocycles. The number of ether oxygens (including phenoxy) is 2. The summed E-state index contributed by atoms with van der Waals surface area (Å²) in [6.45, 7) is 15.8. The molecule has 0 radical (unpaired) electrons. The molecule has 3 aromatic rings. The van der Waals surface area contributed by atoms with Gasteiger partial charge in [0, 0.05) is 51.0 Å². The van der Waals surface area contributed by atoms with Gasteiger partial charge in [-0.3, -0.25) is 0 Å². The van der Waals surface area contributed by atoms with E-state index in [2.05, 4.69) is 73.5 Å². The van der Waals surface area contributed by atoms with Gasteiger partial charge in [0.2, 0.25) is 11.8 Å². The molecule has 2 aromatic heterocycles. The predicted octanol–water partition coefficient (Wildman–Crippen LogP) is 6.60. The second-order valence-electron chi connectivity index (χ2n) is 12.7. The number of benzene rings is 1. The van der Waals surface area contributed by atoms with Gasteiger partial charge in [-0.25, -0.2) is 9.97 Å². The number of likely N-dealkylation sites (N-methyl/N-ethyl adjacent to an activating group) is 1. The maximum absolute atomic E-state index is 10.0. The molecule has 10 nitrogen and oxygen atoms in total. The number of halogens is 1. The number of aromatic nitrogens is 3. The fourth-order valence-electron chi connectivity index (χ4n) is 4.62. The summed E-state index contributed by atoms with van der Waals surface area (Å²) in [4.78, 5) is 15.7. The summed E-state index contributed by atoms with van der Waals surface area (Å²) >= 11 is 6.59. The molecule has 1 aliphatic rings. The Bertz CT molecular complexity index is 1520. The second kappa shape index (κ2) is 12.7. The highest BCUT2D eigenvalue weighted by atomic mass is 35.5. The number of nitriles is 1. The van der Waals surface area contributed by atoms with Crippen LogP contribution in [-0.4, -0.2) is 70.8 Å². The van der Waals surface area contributed by atoms with E-state index in [4.69, 9.17) is 30.5 Å². The van der Waals surface area contributed by atoms with Gasteiger partial charge in [0.1, 0.15) is 11.8 Å². The van der Waals surface area contributed by atoms with Gasteiger partial charge in [-0.15, -0.1) is 0 Å². The molecule has 0 unspecified atom stereocenters. The van der Waals surface area contributed by atoms with Crippen LogP contribution in [0.2, 0.25) is 23.2 Å². The van der Waals surface area contributed by atoms with E-state index < -0.39 is 8.32 Å². The molecule has 4 rings (SSSR count). The van der Waals surface area contributed by atoms with Crippen molar-refractivity contribution in [1.82, 2.24) is 15.0 Å². The molecular formula is C31H42ClN7O3Si. The number of anilines is 4. The minimum Gasteiger partial charge on any atom is -0.479 e. The molecule has 1 aliphatic heterocycles. The summed E-state index contributed by atoms with van der Waals surface area (Å²) in [6, 6.07) is 9.92. The Kier molecular flexibility index (Phi) is 9.56. The van der Waals surface area contributed by atoms with Gasteiger partial charge in [-0.05, 0) is 48.0 Å². The molecule has 3 heterocycles. The van der Waals surface area contributed by atoms with E-state index in [-0.39, 0.29) is 10.5 Å². The lowest BCUT2D eigenvalue weighted by Gasteiger charge is -2.39. The Morgan fingerprint density at radius 2 is 1.95 bits per heavy atom. The van der Waals surface area contributed by atoms with Gasteiger partial charge in [-0.2, -0.15) is 10.2 Å². The Labute approximate surface area is 260 Å². The average Bonchev–Trinajstić information content (AvgIpc) is 3.30. The summed E-state index contributed by atoms with van der Waals surface area (Å²) in [7, 11) is 3.11. The van der Waals surface area contributed by atoms with Gasteiger partial charge in [-0.1, -0.05) is 39.3 Å². The van der Waals surface area contributed by atoms with Gasteiger partial charge in [0.05, 0.1) is 35.7 Å². The van der Waals surface area contributed by atoms with E-state index in [1.165, 1.54) is 0 Å². The number of pyridine rings is 1. The van der Waals surface area contributed by atoms with Gasteiger partial charge >= 0.3 is 0 Å². The third-order valence-electron chi connectivity index (χ3n) is 8.43. The quantitative estimate of drug-likeness (QED) is 0.226. The zero-order valence-electron chi connectivity index (χ0n) is 26.6. The first-order valence-electron chi connectivity index (χ1n) is 14.2. The molecule has 2 N–H and O–H groups in total. The number of fused-ring (bicyclic) bond motifs is 1. The first-order chi connectivity index (χ1) is 20.2. The molecule has 0 fully saturated rings. The average molecular weight is 624 g/mol. The Balaban J connectivity index is 1.65. The fraction of sp³-hybridized carbons (Fsp3) is 0.484. The standard InChI is InChI=1S/C31H42ClN7O3Si/c1-30(2,3)43(8,9)42-19-31(4)18-35-26-21(17-33)14-20(15-22(26)31)24-10-11-34-29(36-24)37-25-16-23(32)27(38-28(25)41-7)39(5)12-13-40-6/h10-11,14-16,35H,12-13,18-19H2,1-9H3,(H,34,36,37)/t31-/m1/s1. The monoisotopic (exact) mass is 623 g/mol. The maximum atomic E-state index is 10.0. The van der Waals surface area contributed by atoms with E-state index in [1.807, 2.05) is 24.1 Å². The smallest absolute Gasteiger partial charge is 0.239 e. The van der Waals surface area contributed by atoms with Crippen LogP contribution in [0.4, 0.5) is 23.1 Å². The second-order valence-corrected chi connectivity index (χ2v) is 17.9.